The Morgan fingerprint density at radius 1 is 1.26 bits per heavy atom. The summed E-state index contributed by atoms with van der Waals surface area (Å²) in [6, 6.07) is 5.99. The zero-order chi connectivity index (χ0) is 13.5. The van der Waals surface area contributed by atoms with E-state index in [1.165, 1.54) is 0 Å². The molecule has 0 saturated heterocycles. The SMILES string of the molecule is CCOc1ccc(CNCc2cscn2)cc1OC. The van der Waals surface area contributed by atoms with Crippen LogP contribution in [-0.4, -0.2) is 18.7 Å². The quantitative estimate of drug-likeness (QED) is 0.846. The maximum absolute atomic E-state index is 5.49. The van der Waals surface area contributed by atoms with Gasteiger partial charge in [0.2, 0.25) is 0 Å². The van der Waals surface area contributed by atoms with Crippen LogP contribution in [-0.2, 0) is 13.1 Å². The Morgan fingerprint density at radius 3 is 2.84 bits per heavy atom. The lowest BCUT2D eigenvalue weighted by Crippen LogP contribution is -2.13. The van der Waals surface area contributed by atoms with Crippen LogP contribution in [0.5, 0.6) is 11.5 Å². The van der Waals surface area contributed by atoms with Crippen LogP contribution < -0.4 is 14.8 Å². The van der Waals surface area contributed by atoms with Crippen LogP contribution in [0, 0.1) is 0 Å². The molecule has 102 valence electrons. The van der Waals surface area contributed by atoms with Crippen LogP contribution >= 0.6 is 11.3 Å². The minimum absolute atomic E-state index is 0.637. The number of aromatic nitrogens is 1. The largest absolute Gasteiger partial charge is 0.493 e. The first-order valence-electron chi connectivity index (χ1n) is 6.21. The molecule has 1 aromatic carbocycles. The minimum atomic E-state index is 0.637. The molecule has 0 radical (unpaired) electrons. The molecule has 0 bridgehead atoms. The Balaban J connectivity index is 1.93. The number of methoxy groups -OCH3 is 1. The summed E-state index contributed by atoms with van der Waals surface area (Å²) in [5.41, 5.74) is 4.08. The summed E-state index contributed by atoms with van der Waals surface area (Å²) in [6.07, 6.45) is 0. The summed E-state index contributed by atoms with van der Waals surface area (Å²) in [7, 11) is 1.66. The highest BCUT2D eigenvalue weighted by atomic mass is 32.1. The molecule has 1 heterocycles. The van der Waals surface area contributed by atoms with Crippen LogP contribution in [0.2, 0.25) is 0 Å². The van der Waals surface area contributed by atoms with Crippen molar-refractivity contribution < 1.29 is 9.47 Å². The first-order chi connectivity index (χ1) is 9.33. The third-order valence-electron chi connectivity index (χ3n) is 2.65. The zero-order valence-corrected chi connectivity index (χ0v) is 12.0. The molecule has 0 spiro atoms. The van der Waals surface area contributed by atoms with Gasteiger partial charge in [-0.15, -0.1) is 11.3 Å². The van der Waals surface area contributed by atoms with Crippen molar-refractivity contribution in [2.45, 2.75) is 20.0 Å². The summed E-state index contributed by atoms with van der Waals surface area (Å²) in [5, 5.41) is 5.40. The van der Waals surface area contributed by atoms with Crippen LogP contribution in [0.15, 0.2) is 29.1 Å². The molecule has 2 rings (SSSR count). The van der Waals surface area contributed by atoms with Gasteiger partial charge in [-0.05, 0) is 24.6 Å². The van der Waals surface area contributed by atoms with Gasteiger partial charge in [-0.3, -0.25) is 0 Å². The van der Waals surface area contributed by atoms with Gasteiger partial charge in [0.25, 0.3) is 0 Å². The van der Waals surface area contributed by atoms with E-state index >= 15 is 0 Å². The van der Waals surface area contributed by atoms with E-state index in [1.807, 2.05) is 36.0 Å². The molecule has 4 nitrogen and oxygen atoms in total. The number of hydrogen-bond donors (Lipinski definition) is 1. The van der Waals surface area contributed by atoms with Crippen molar-refractivity contribution >= 4 is 11.3 Å². The number of benzene rings is 1. The third-order valence-corrected chi connectivity index (χ3v) is 3.28. The summed E-state index contributed by atoms with van der Waals surface area (Å²) >= 11 is 1.61. The first kappa shape index (κ1) is 13.8. The molecule has 5 heteroatoms. The maximum Gasteiger partial charge on any atom is 0.161 e. The monoisotopic (exact) mass is 278 g/mol. The van der Waals surface area contributed by atoms with E-state index in [2.05, 4.69) is 10.3 Å². The van der Waals surface area contributed by atoms with E-state index in [-0.39, 0.29) is 0 Å². The molecule has 1 N–H and O–H groups in total. The maximum atomic E-state index is 5.49. The highest BCUT2D eigenvalue weighted by Gasteiger charge is 2.05. The lowest BCUT2D eigenvalue weighted by atomic mass is 10.2. The second-order valence-electron chi connectivity index (χ2n) is 4.00. The van der Waals surface area contributed by atoms with Crippen molar-refractivity contribution in [1.82, 2.24) is 10.3 Å². The van der Waals surface area contributed by atoms with Crippen molar-refractivity contribution in [2.24, 2.45) is 0 Å². The van der Waals surface area contributed by atoms with E-state index in [0.717, 1.165) is 35.8 Å². The van der Waals surface area contributed by atoms with E-state index in [0.29, 0.717) is 6.61 Å². The average Bonchev–Trinajstić information content (AvgIpc) is 2.94. The molecule has 2 aromatic rings. The molecule has 0 amide bonds. The molecule has 0 fully saturated rings. The predicted molar refractivity (Wildman–Crippen MR) is 76.8 cm³/mol. The van der Waals surface area contributed by atoms with E-state index in [1.54, 1.807) is 18.4 Å². The van der Waals surface area contributed by atoms with Gasteiger partial charge in [0.1, 0.15) is 0 Å². The number of nitrogens with one attached hydrogen (secondary N) is 1. The van der Waals surface area contributed by atoms with E-state index in [9.17, 15) is 0 Å². The van der Waals surface area contributed by atoms with Gasteiger partial charge in [0.15, 0.2) is 11.5 Å². The van der Waals surface area contributed by atoms with Crippen LogP contribution in [0.4, 0.5) is 0 Å². The number of rotatable bonds is 7. The molecule has 0 unspecified atom stereocenters. The molecule has 0 aliphatic carbocycles. The Kier molecular flexibility index (Phi) is 5.18. The lowest BCUT2D eigenvalue weighted by molar-refractivity contribution is 0.310. The lowest BCUT2D eigenvalue weighted by Gasteiger charge is -2.11. The van der Waals surface area contributed by atoms with Crippen molar-refractivity contribution in [3.8, 4) is 11.5 Å². The fourth-order valence-electron chi connectivity index (χ4n) is 1.76. The van der Waals surface area contributed by atoms with Crippen molar-refractivity contribution in [3.05, 3.63) is 40.3 Å². The summed E-state index contributed by atoms with van der Waals surface area (Å²) in [4.78, 5) is 4.23. The van der Waals surface area contributed by atoms with Crippen molar-refractivity contribution in [1.29, 1.82) is 0 Å². The minimum Gasteiger partial charge on any atom is -0.493 e. The Labute approximate surface area is 117 Å². The Morgan fingerprint density at radius 2 is 2.16 bits per heavy atom. The van der Waals surface area contributed by atoms with Crippen LogP contribution in [0.1, 0.15) is 18.2 Å². The highest BCUT2D eigenvalue weighted by molar-refractivity contribution is 7.07. The van der Waals surface area contributed by atoms with Gasteiger partial charge in [0.05, 0.1) is 24.9 Å². The van der Waals surface area contributed by atoms with Gasteiger partial charge >= 0.3 is 0 Å². The molecule has 0 atom stereocenters. The van der Waals surface area contributed by atoms with Crippen LogP contribution in [0.3, 0.4) is 0 Å². The van der Waals surface area contributed by atoms with Crippen molar-refractivity contribution in [2.75, 3.05) is 13.7 Å². The second kappa shape index (κ2) is 7.11. The van der Waals surface area contributed by atoms with Gasteiger partial charge in [-0.2, -0.15) is 0 Å². The third kappa shape index (κ3) is 3.94. The highest BCUT2D eigenvalue weighted by Crippen LogP contribution is 2.27. The number of nitrogens with zero attached hydrogens (tertiary/aromatic N) is 1. The van der Waals surface area contributed by atoms with E-state index < -0.39 is 0 Å². The number of thiazole rings is 1. The first-order valence-corrected chi connectivity index (χ1v) is 7.15. The molecule has 19 heavy (non-hydrogen) atoms. The topological polar surface area (TPSA) is 43.4 Å². The Bertz CT molecular complexity index is 500. The number of ether oxygens (including phenoxy) is 2. The Hall–Kier alpha value is -1.59. The molecule has 1 aromatic heterocycles. The molecule has 0 saturated carbocycles. The second-order valence-corrected chi connectivity index (χ2v) is 4.72. The van der Waals surface area contributed by atoms with Gasteiger partial charge in [-0.1, -0.05) is 6.07 Å². The fourth-order valence-corrected chi connectivity index (χ4v) is 2.31. The summed E-state index contributed by atoms with van der Waals surface area (Å²) in [6.45, 7) is 4.15. The normalized spacial score (nSPS) is 10.4. The molecule has 0 aliphatic heterocycles. The summed E-state index contributed by atoms with van der Waals surface area (Å²) in [5.74, 6) is 1.56. The van der Waals surface area contributed by atoms with Gasteiger partial charge < -0.3 is 14.8 Å². The molecular weight excluding hydrogens is 260 g/mol. The number of hydrogen-bond acceptors (Lipinski definition) is 5. The summed E-state index contributed by atoms with van der Waals surface area (Å²) < 4.78 is 10.8. The van der Waals surface area contributed by atoms with E-state index in [4.69, 9.17) is 9.47 Å². The molecule has 0 aliphatic rings. The smallest absolute Gasteiger partial charge is 0.161 e. The molecular formula is C14H18N2O2S. The standard InChI is InChI=1S/C14H18N2O2S/c1-3-18-13-5-4-11(6-14(13)17-2)7-15-8-12-9-19-10-16-12/h4-6,9-10,15H,3,7-8H2,1-2H3. The predicted octanol–water partition coefficient (Wildman–Crippen LogP) is 2.84. The van der Waals surface area contributed by atoms with Crippen LogP contribution in [0.25, 0.3) is 0 Å². The average molecular weight is 278 g/mol. The fraction of sp³-hybridized carbons (Fsp3) is 0.357. The van der Waals surface area contributed by atoms with Gasteiger partial charge in [-0.25, -0.2) is 4.98 Å². The van der Waals surface area contributed by atoms with Gasteiger partial charge in [0, 0.05) is 18.5 Å². The zero-order valence-electron chi connectivity index (χ0n) is 11.2. The van der Waals surface area contributed by atoms with Crippen molar-refractivity contribution in [3.63, 3.8) is 0 Å².